The lowest BCUT2D eigenvalue weighted by molar-refractivity contribution is -0.180. The Bertz CT molecular complexity index is 588. The van der Waals surface area contributed by atoms with Crippen LogP contribution in [0, 0.1) is 0 Å². The number of rotatable bonds is 32. The smallest absolute Gasteiger partial charge is 0.168 e. The number of allylic oxidation sites excluding steroid dienone is 4. The fourth-order valence-electron chi connectivity index (χ4n) is 6.43. The van der Waals surface area contributed by atoms with E-state index in [9.17, 15) is 0 Å². The molecule has 0 aromatic carbocycles. The van der Waals surface area contributed by atoms with Crippen molar-refractivity contribution in [3.05, 3.63) is 24.3 Å². The third-order valence-corrected chi connectivity index (χ3v) is 9.12. The zero-order chi connectivity index (χ0) is 31.1. The van der Waals surface area contributed by atoms with Crippen LogP contribution < -0.4 is 0 Å². The summed E-state index contributed by atoms with van der Waals surface area (Å²) < 4.78 is 13.0. The quantitative estimate of drug-likeness (QED) is 0.0564. The van der Waals surface area contributed by atoms with E-state index in [4.69, 9.17) is 9.47 Å². The minimum Gasteiger partial charge on any atom is -0.347 e. The number of unbranched alkanes of at least 4 members (excludes halogenated alkanes) is 22. The largest absolute Gasteiger partial charge is 0.347 e. The van der Waals surface area contributed by atoms with Crippen molar-refractivity contribution < 1.29 is 9.47 Å². The molecule has 3 nitrogen and oxygen atoms in total. The van der Waals surface area contributed by atoms with Crippen molar-refractivity contribution in [3.63, 3.8) is 0 Å². The molecule has 0 radical (unpaired) electrons. The molecule has 0 saturated carbocycles. The summed E-state index contributed by atoms with van der Waals surface area (Å²) >= 11 is 0. The van der Waals surface area contributed by atoms with Crippen LogP contribution in [0.15, 0.2) is 24.3 Å². The molecule has 0 unspecified atom stereocenters. The highest BCUT2D eigenvalue weighted by Crippen LogP contribution is 2.35. The van der Waals surface area contributed by atoms with E-state index in [0.717, 1.165) is 26.0 Å². The minimum absolute atomic E-state index is 0.226. The lowest BCUT2D eigenvalue weighted by atomic mass is 9.98. The topological polar surface area (TPSA) is 21.7 Å². The maximum absolute atomic E-state index is 6.62. The van der Waals surface area contributed by atoms with Gasteiger partial charge in [-0.15, -0.1) is 0 Å². The second kappa shape index (κ2) is 30.0. The molecule has 0 aliphatic carbocycles. The molecule has 0 amide bonds. The van der Waals surface area contributed by atoms with Gasteiger partial charge in [-0.1, -0.05) is 141 Å². The van der Waals surface area contributed by atoms with Crippen LogP contribution in [-0.4, -0.2) is 44.0 Å². The second-order valence-corrected chi connectivity index (χ2v) is 13.9. The van der Waals surface area contributed by atoms with E-state index in [2.05, 4.69) is 57.1 Å². The average Bonchev–Trinajstić information content (AvgIpc) is 3.38. The Kier molecular flexibility index (Phi) is 28.2. The van der Waals surface area contributed by atoms with Crippen LogP contribution in [0.5, 0.6) is 0 Å². The van der Waals surface area contributed by atoms with Crippen molar-refractivity contribution in [2.24, 2.45) is 0 Å². The molecule has 1 atom stereocenters. The monoisotopic (exact) mass is 604 g/mol. The van der Waals surface area contributed by atoms with Crippen LogP contribution in [0.1, 0.15) is 194 Å². The van der Waals surface area contributed by atoms with Crippen molar-refractivity contribution in [1.29, 1.82) is 0 Å². The van der Waals surface area contributed by atoms with E-state index >= 15 is 0 Å². The molecule has 0 N–H and O–H groups in total. The van der Waals surface area contributed by atoms with Gasteiger partial charge < -0.3 is 14.4 Å². The summed E-state index contributed by atoms with van der Waals surface area (Å²) in [6, 6.07) is 0. The van der Waals surface area contributed by atoms with Gasteiger partial charge in [-0.25, -0.2) is 0 Å². The summed E-state index contributed by atoms with van der Waals surface area (Å²) in [6.45, 7) is 6.30. The van der Waals surface area contributed by atoms with Gasteiger partial charge in [0.25, 0.3) is 0 Å². The zero-order valence-corrected chi connectivity index (χ0v) is 29.9. The van der Waals surface area contributed by atoms with Crippen LogP contribution in [-0.2, 0) is 9.47 Å². The van der Waals surface area contributed by atoms with E-state index in [1.54, 1.807) is 0 Å². The molecular formula is C40H77NO2. The van der Waals surface area contributed by atoms with E-state index in [0.29, 0.717) is 0 Å². The van der Waals surface area contributed by atoms with E-state index in [1.165, 1.54) is 167 Å². The third-order valence-electron chi connectivity index (χ3n) is 9.12. The molecule has 0 bridgehead atoms. The maximum atomic E-state index is 6.62. The molecule has 0 spiro atoms. The normalized spacial score (nSPS) is 16.9. The van der Waals surface area contributed by atoms with Gasteiger partial charge in [0.1, 0.15) is 0 Å². The molecule has 254 valence electrons. The summed E-state index contributed by atoms with van der Waals surface area (Å²) in [7, 11) is 4.27. The van der Waals surface area contributed by atoms with E-state index in [-0.39, 0.29) is 11.9 Å². The first-order valence-corrected chi connectivity index (χ1v) is 19.4. The van der Waals surface area contributed by atoms with Crippen LogP contribution in [0.2, 0.25) is 0 Å². The van der Waals surface area contributed by atoms with E-state index < -0.39 is 0 Å². The van der Waals surface area contributed by atoms with Gasteiger partial charge in [0.05, 0.1) is 12.7 Å². The van der Waals surface area contributed by atoms with Crippen molar-refractivity contribution in [2.75, 3.05) is 27.2 Å². The molecule has 1 saturated heterocycles. The molecule has 0 aromatic heterocycles. The van der Waals surface area contributed by atoms with Gasteiger partial charge >= 0.3 is 0 Å². The Morgan fingerprint density at radius 3 is 1.23 bits per heavy atom. The summed E-state index contributed by atoms with van der Waals surface area (Å²) in [4.78, 5) is 2.23. The molecule has 3 heteroatoms. The van der Waals surface area contributed by atoms with Gasteiger partial charge in [0.2, 0.25) is 0 Å². The zero-order valence-electron chi connectivity index (χ0n) is 29.9. The summed E-state index contributed by atoms with van der Waals surface area (Å²) in [5, 5.41) is 0. The van der Waals surface area contributed by atoms with Crippen molar-refractivity contribution in [1.82, 2.24) is 4.90 Å². The molecular weight excluding hydrogens is 526 g/mol. The SMILES string of the molecule is CCCCCCC/C=C\CCCCCCCCC1(CCCCCCCC/C=C\CCCCCCC)OC[C@@H](CN(C)C)O1. The summed E-state index contributed by atoms with van der Waals surface area (Å²) in [6.07, 6.45) is 47.0. The van der Waals surface area contributed by atoms with Gasteiger partial charge in [0.15, 0.2) is 5.79 Å². The number of ether oxygens (including phenoxy) is 2. The number of hydrogen-bond donors (Lipinski definition) is 0. The van der Waals surface area contributed by atoms with Crippen LogP contribution in [0.4, 0.5) is 0 Å². The molecule has 1 rings (SSSR count). The maximum Gasteiger partial charge on any atom is 0.168 e. The Morgan fingerprint density at radius 2 is 0.860 bits per heavy atom. The first-order valence-electron chi connectivity index (χ1n) is 19.4. The Hall–Kier alpha value is -0.640. The Morgan fingerprint density at radius 1 is 0.512 bits per heavy atom. The summed E-state index contributed by atoms with van der Waals surface area (Å²) in [5.74, 6) is -0.316. The minimum atomic E-state index is -0.316. The van der Waals surface area contributed by atoms with Crippen molar-refractivity contribution >= 4 is 0 Å². The van der Waals surface area contributed by atoms with Crippen molar-refractivity contribution in [3.8, 4) is 0 Å². The molecule has 1 aliphatic heterocycles. The van der Waals surface area contributed by atoms with Gasteiger partial charge in [-0.3, -0.25) is 0 Å². The first-order chi connectivity index (χ1) is 21.1. The Labute approximate surface area is 271 Å². The molecule has 1 aliphatic rings. The first kappa shape index (κ1) is 40.4. The van der Waals surface area contributed by atoms with Gasteiger partial charge in [0, 0.05) is 19.4 Å². The van der Waals surface area contributed by atoms with Crippen LogP contribution >= 0.6 is 0 Å². The molecule has 43 heavy (non-hydrogen) atoms. The number of likely N-dealkylation sites (N-methyl/N-ethyl adjacent to an activating group) is 1. The second-order valence-electron chi connectivity index (χ2n) is 13.9. The van der Waals surface area contributed by atoms with Crippen molar-refractivity contribution in [2.45, 2.75) is 206 Å². The molecule has 0 aromatic rings. The fourth-order valence-corrected chi connectivity index (χ4v) is 6.43. The fraction of sp³-hybridized carbons (Fsp3) is 0.900. The van der Waals surface area contributed by atoms with Gasteiger partial charge in [-0.05, 0) is 78.3 Å². The Balaban J connectivity index is 2.11. The lowest BCUT2D eigenvalue weighted by Gasteiger charge is -2.29. The summed E-state index contributed by atoms with van der Waals surface area (Å²) in [5.41, 5.74) is 0. The predicted octanol–water partition coefficient (Wildman–Crippen LogP) is 12.7. The molecule has 1 heterocycles. The third kappa shape index (κ3) is 25.3. The van der Waals surface area contributed by atoms with Gasteiger partial charge in [-0.2, -0.15) is 0 Å². The van der Waals surface area contributed by atoms with E-state index in [1.807, 2.05) is 0 Å². The predicted molar refractivity (Wildman–Crippen MR) is 191 cm³/mol. The standard InChI is InChI=1S/C40H77NO2/c1-5-7-9-11-13-15-17-19-21-23-25-27-29-31-33-35-40(42-38-39(43-40)37-41(3)4)36-34-32-30-28-26-24-22-20-18-16-14-12-10-8-6-2/h17-20,39H,5-16,21-38H2,1-4H3/b19-17-,20-18-/t39-/m1/s1. The highest BCUT2D eigenvalue weighted by molar-refractivity contribution is 4.83. The number of nitrogens with zero attached hydrogens (tertiary/aromatic N) is 1. The van der Waals surface area contributed by atoms with Crippen LogP contribution in [0.25, 0.3) is 0 Å². The average molecular weight is 604 g/mol. The highest BCUT2D eigenvalue weighted by Gasteiger charge is 2.40. The lowest BCUT2D eigenvalue weighted by Crippen LogP contribution is -2.33. The van der Waals surface area contributed by atoms with Crippen LogP contribution in [0.3, 0.4) is 0 Å². The molecule has 1 fully saturated rings. The number of hydrogen-bond acceptors (Lipinski definition) is 3. The highest BCUT2D eigenvalue weighted by atomic mass is 16.7.